The molecular weight excluding hydrogens is 183 g/mol. The Balaban J connectivity index is 3.14. The molecule has 0 aliphatic rings. The minimum Gasteiger partial charge on any atom is -0.257 e. The molecule has 0 amide bonds. The van der Waals surface area contributed by atoms with Crippen molar-refractivity contribution in [1.29, 1.82) is 0 Å². The topological polar surface area (TPSA) is 72.2 Å². The molecule has 0 atom stereocenters. The lowest BCUT2D eigenvalue weighted by atomic mass is 10.4. The highest BCUT2D eigenvalue weighted by molar-refractivity contribution is 7.89. The molecule has 1 rings (SSSR count). The fraction of sp³-hybridized carbons (Fsp3) is 0. The summed E-state index contributed by atoms with van der Waals surface area (Å²) in [6.07, 6.45) is 0. The number of hydrogen-bond donors (Lipinski definition) is 2. The van der Waals surface area contributed by atoms with Gasteiger partial charge in [-0.1, -0.05) is 0 Å². The van der Waals surface area contributed by atoms with Gasteiger partial charge in [-0.25, -0.2) is 12.8 Å². The molecule has 0 aromatic heterocycles. The van der Waals surface area contributed by atoms with Gasteiger partial charge in [-0.3, -0.25) is 5.84 Å². The third-order valence-corrected chi connectivity index (χ3v) is 2.48. The Bertz CT molecular complexity index is 360. The van der Waals surface area contributed by atoms with Gasteiger partial charge in [0.1, 0.15) is 5.82 Å². The summed E-state index contributed by atoms with van der Waals surface area (Å²) in [6.45, 7) is 0. The summed E-state index contributed by atoms with van der Waals surface area (Å²) in [6, 6.07) is 4.35. The molecule has 0 unspecified atom stereocenters. The molecular formula is C6H7FN2O2S. The lowest BCUT2D eigenvalue weighted by Crippen LogP contribution is -2.30. The summed E-state index contributed by atoms with van der Waals surface area (Å²) < 4.78 is 34.2. The summed E-state index contributed by atoms with van der Waals surface area (Å²) >= 11 is 0. The van der Waals surface area contributed by atoms with Crippen LogP contribution in [-0.4, -0.2) is 8.42 Å². The molecule has 1 aromatic carbocycles. The zero-order chi connectivity index (χ0) is 9.19. The van der Waals surface area contributed by atoms with Crippen LogP contribution in [0.2, 0.25) is 0 Å². The Kier molecular flexibility index (Phi) is 2.41. The van der Waals surface area contributed by atoms with Crippen LogP contribution < -0.4 is 10.7 Å². The summed E-state index contributed by atoms with van der Waals surface area (Å²) in [5, 5.41) is 0. The van der Waals surface area contributed by atoms with Gasteiger partial charge in [-0.15, -0.1) is 0 Å². The van der Waals surface area contributed by atoms with Crippen LogP contribution in [0.3, 0.4) is 0 Å². The molecule has 0 spiro atoms. The van der Waals surface area contributed by atoms with E-state index in [4.69, 9.17) is 5.84 Å². The van der Waals surface area contributed by atoms with E-state index in [0.29, 0.717) is 0 Å². The highest BCUT2D eigenvalue weighted by Crippen LogP contribution is 2.07. The van der Waals surface area contributed by atoms with Gasteiger partial charge >= 0.3 is 0 Å². The van der Waals surface area contributed by atoms with Gasteiger partial charge in [0.05, 0.1) is 4.90 Å². The molecule has 0 fully saturated rings. The van der Waals surface area contributed by atoms with Gasteiger partial charge in [-0.05, 0) is 24.3 Å². The predicted molar refractivity (Wildman–Crippen MR) is 40.9 cm³/mol. The number of hydrazine groups is 1. The van der Waals surface area contributed by atoms with E-state index in [2.05, 4.69) is 0 Å². The molecule has 4 nitrogen and oxygen atoms in total. The van der Waals surface area contributed by atoms with Crippen LogP contribution in [0, 0.1) is 5.82 Å². The largest absolute Gasteiger partial charge is 0.257 e. The average molecular weight is 190 g/mol. The van der Waals surface area contributed by atoms with Crippen LogP contribution >= 0.6 is 0 Å². The minimum absolute atomic E-state index is 0.0635. The lowest BCUT2D eigenvalue weighted by Gasteiger charge is -2.00. The maximum Gasteiger partial charge on any atom is 0.253 e. The monoisotopic (exact) mass is 190 g/mol. The molecule has 1 aromatic rings. The van der Waals surface area contributed by atoms with Crippen molar-refractivity contribution in [3.8, 4) is 0 Å². The van der Waals surface area contributed by atoms with Gasteiger partial charge < -0.3 is 0 Å². The normalized spacial score (nSPS) is 11.5. The maximum absolute atomic E-state index is 12.3. The Morgan fingerprint density at radius 3 is 2.17 bits per heavy atom. The second kappa shape index (κ2) is 3.18. The third kappa shape index (κ3) is 1.79. The van der Waals surface area contributed by atoms with Crippen LogP contribution in [0.5, 0.6) is 0 Å². The Labute approximate surface area is 69.2 Å². The molecule has 0 saturated heterocycles. The van der Waals surface area contributed by atoms with E-state index < -0.39 is 15.8 Å². The number of sulfonamides is 1. The highest BCUT2D eigenvalue weighted by atomic mass is 32.2. The summed E-state index contributed by atoms with van der Waals surface area (Å²) in [4.78, 5) is 1.56. The first kappa shape index (κ1) is 9.11. The fourth-order valence-electron chi connectivity index (χ4n) is 0.682. The van der Waals surface area contributed by atoms with E-state index in [0.717, 1.165) is 24.3 Å². The second-order valence-corrected chi connectivity index (χ2v) is 3.79. The number of hydrogen-bond acceptors (Lipinski definition) is 3. The molecule has 0 aliphatic heterocycles. The van der Waals surface area contributed by atoms with Crippen molar-refractivity contribution in [2.75, 3.05) is 0 Å². The molecule has 0 heterocycles. The molecule has 0 bridgehead atoms. The lowest BCUT2D eigenvalue weighted by molar-refractivity contribution is 0.583. The van der Waals surface area contributed by atoms with Gasteiger partial charge in [0.25, 0.3) is 10.0 Å². The van der Waals surface area contributed by atoms with Crippen molar-refractivity contribution in [3.63, 3.8) is 0 Å². The number of nitrogens with two attached hydrogens (primary N) is 1. The Hall–Kier alpha value is -0.980. The fourth-order valence-corrected chi connectivity index (χ4v) is 1.31. The van der Waals surface area contributed by atoms with Gasteiger partial charge in [-0.2, -0.15) is 4.83 Å². The van der Waals surface area contributed by atoms with Gasteiger partial charge in [0.15, 0.2) is 0 Å². The van der Waals surface area contributed by atoms with Crippen molar-refractivity contribution in [2.24, 2.45) is 5.84 Å². The van der Waals surface area contributed by atoms with Crippen LogP contribution in [0.4, 0.5) is 4.39 Å². The zero-order valence-electron chi connectivity index (χ0n) is 5.99. The van der Waals surface area contributed by atoms with E-state index in [1.54, 1.807) is 4.83 Å². The summed E-state index contributed by atoms with van der Waals surface area (Å²) in [7, 11) is -3.65. The quantitative estimate of drug-likeness (QED) is 0.508. The van der Waals surface area contributed by atoms with Crippen molar-refractivity contribution in [2.45, 2.75) is 4.90 Å². The summed E-state index contributed by atoms with van der Waals surface area (Å²) in [5.41, 5.74) is 0. The van der Waals surface area contributed by atoms with Crippen molar-refractivity contribution >= 4 is 10.0 Å². The standard InChI is InChI=1S/C6H7FN2O2S/c7-5-1-3-6(4-2-5)12(10,11)9-8/h1-4,9H,8H2. The zero-order valence-corrected chi connectivity index (χ0v) is 6.81. The first-order chi connectivity index (χ1) is 5.56. The molecule has 0 saturated carbocycles. The second-order valence-electron chi connectivity index (χ2n) is 2.08. The third-order valence-electron chi connectivity index (χ3n) is 1.28. The van der Waals surface area contributed by atoms with E-state index in [9.17, 15) is 12.8 Å². The van der Waals surface area contributed by atoms with E-state index in [1.807, 2.05) is 0 Å². The predicted octanol–water partition coefficient (Wildman–Crippen LogP) is -0.0223. The molecule has 6 heteroatoms. The first-order valence-corrected chi connectivity index (χ1v) is 4.52. The average Bonchev–Trinajstić information content (AvgIpc) is 2.05. The van der Waals surface area contributed by atoms with Crippen molar-refractivity contribution < 1.29 is 12.8 Å². The Morgan fingerprint density at radius 2 is 1.75 bits per heavy atom. The van der Waals surface area contributed by atoms with Crippen LogP contribution in [0.1, 0.15) is 0 Å². The van der Waals surface area contributed by atoms with Gasteiger partial charge in [0, 0.05) is 0 Å². The maximum atomic E-state index is 12.3. The number of rotatable bonds is 2. The van der Waals surface area contributed by atoms with Crippen LogP contribution in [-0.2, 0) is 10.0 Å². The minimum atomic E-state index is -3.65. The molecule has 12 heavy (non-hydrogen) atoms. The number of halogens is 1. The number of benzene rings is 1. The highest BCUT2D eigenvalue weighted by Gasteiger charge is 2.10. The van der Waals surface area contributed by atoms with Gasteiger partial charge in [0.2, 0.25) is 0 Å². The van der Waals surface area contributed by atoms with E-state index in [1.165, 1.54) is 0 Å². The van der Waals surface area contributed by atoms with Crippen LogP contribution in [0.15, 0.2) is 29.2 Å². The molecule has 66 valence electrons. The summed E-state index contributed by atoms with van der Waals surface area (Å²) in [5.74, 6) is 4.25. The van der Waals surface area contributed by atoms with Crippen molar-refractivity contribution in [3.05, 3.63) is 30.1 Å². The van der Waals surface area contributed by atoms with E-state index >= 15 is 0 Å². The smallest absolute Gasteiger partial charge is 0.253 e. The van der Waals surface area contributed by atoms with Crippen LogP contribution in [0.25, 0.3) is 0 Å². The first-order valence-electron chi connectivity index (χ1n) is 3.04. The number of nitrogens with one attached hydrogen (secondary N) is 1. The Morgan fingerprint density at radius 1 is 1.25 bits per heavy atom. The SMILES string of the molecule is NNS(=O)(=O)c1ccc(F)cc1. The molecule has 0 aliphatic carbocycles. The van der Waals surface area contributed by atoms with E-state index in [-0.39, 0.29) is 4.90 Å². The molecule has 3 N–H and O–H groups in total. The molecule has 0 radical (unpaired) electrons. The van der Waals surface area contributed by atoms with Crippen molar-refractivity contribution in [1.82, 2.24) is 4.83 Å².